The summed E-state index contributed by atoms with van der Waals surface area (Å²) in [6, 6.07) is 20.1. The summed E-state index contributed by atoms with van der Waals surface area (Å²) in [6.45, 7) is 1.95. The molecular formula is C17H16N2. The van der Waals surface area contributed by atoms with Crippen LogP contribution in [0.2, 0.25) is 0 Å². The van der Waals surface area contributed by atoms with Crippen molar-refractivity contribution in [2.24, 2.45) is 10.2 Å². The highest BCUT2D eigenvalue weighted by Gasteiger charge is 1.92. The molecule has 0 aliphatic rings. The van der Waals surface area contributed by atoms with Gasteiger partial charge in [-0.15, -0.1) is 0 Å². The molecule has 0 saturated heterocycles. The Morgan fingerprint density at radius 3 is 2.21 bits per heavy atom. The third-order valence-electron chi connectivity index (χ3n) is 2.64. The largest absolute Gasteiger partial charge is 0.159 e. The average molecular weight is 248 g/mol. The molecule has 19 heavy (non-hydrogen) atoms. The van der Waals surface area contributed by atoms with E-state index in [9.17, 15) is 0 Å². The Morgan fingerprint density at radius 2 is 1.53 bits per heavy atom. The van der Waals surface area contributed by atoms with Crippen molar-refractivity contribution in [2.75, 3.05) is 0 Å². The molecule has 0 bridgehead atoms. The number of allylic oxidation sites excluding steroid dienone is 1. The first-order valence-electron chi connectivity index (χ1n) is 6.21. The van der Waals surface area contributed by atoms with E-state index in [2.05, 4.69) is 10.2 Å². The summed E-state index contributed by atoms with van der Waals surface area (Å²) in [5.41, 5.74) is 3.15. The number of nitrogens with zero attached hydrogens (tertiary/aromatic N) is 2. The SMILES string of the molecule is C\C(=N/N=C/C=C/c1ccccc1)c1ccccc1. The van der Waals surface area contributed by atoms with E-state index < -0.39 is 0 Å². The molecule has 0 N–H and O–H groups in total. The van der Waals surface area contributed by atoms with Crippen LogP contribution in [0.5, 0.6) is 0 Å². The van der Waals surface area contributed by atoms with Gasteiger partial charge in [-0.1, -0.05) is 66.7 Å². The maximum absolute atomic E-state index is 4.16. The molecule has 0 atom stereocenters. The third kappa shape index (κ3) is 4.36. The van der Waals surface area contributed by atoms with E-state index >= 15 is 0 Å². The summed E-state index contributed by atoms with van der Waals surface area (Å²) >= 11 is 0. The van der Waals surface area contributed by atoms with Crippen molar-refractivity contribution in [3.05, 3.63) is 77.9 Å². The molecular weight excluding hydrogens is 232 g/mol. The third-order valence-corrected chi connectivity index (χ3v) is 2.64. The number of benzene rings is 2. The molecule has 0 unspecified atom stereocenters. The predicted molar refractivity (Wildman–Crippen MR) is 82.6 cm³/mol. The van der Waals surface area contributed by atoms with Crippen molar-refractivity contribution >= 4 is 18.0 Å². The van der Waals surface area contributed by atoms with Gasteiger partial charge in [0.2, 0.25) is 0 Å². The smallest absolute Gasteiger partial charge is 0.0671 e. The van der Waals surface area contributed by atoms with Crippen LogP contribution < -0.4 is 0 Å². The molecule has 2 aromatic carbocycles. The zero-order valence-corrected chi connectivity index (χ0v) is 10.9. The van der Waals surface area contributed by atoms with Gasteiger partial charge in [0, 0.05) is 6.21 Å². The fourth-order valence-electron chi connectivity index (χ4n) is 1.61. The maximum atomic E-state index is 4.16. The second-order valence-electron chi connectivity index (χ2n) is 4.09. The quantitative estimate of drug-likeness (QED) is 0.572. The zero-order chi connectivity index (χ0) is 13.3. The maximum Gasteiger partial charge on any atom is 0.0671 e. The Labute approximate surface area is 113 Å². The molecule has 0 heterocycles. The van der Waals surface area contributed by atoms with Crippen LogP contribution in [-0.2, 0) is 0 Å². The Hall–Kier alpha value is -2.48. The standard InChI is InChI=1S/C17H16N2/c1-15(17-12-6-3-7-13-17)19-18-14-8-11-16-9-4-2-5-10-16/h2-14H,1H3/b11-8+,18-14+,19-15+. The molecule has 0 saturated carbocycles. The van der Waals surface area contributed by atoms with Crippen molar-refractivity contribution in [3.8, 4) is 0 Å². The van der Waals surface area contributed by atoms with Crippen LogP contribution >= 0.6 is 0 Å². The van der Waals surface area contributed by atoms with Crippen LogP contribution in [0.3, 0.4) is 0 Å². The minimum atomic E-state index is 0.907. The second kappa shape index (κ2) is 7.07. The van der Waals surface area contributed by atoms with Gasteiger partial charge in [0.25, 0.3) is 0 Å². The second-order valence-corrected chi connectivity index (χ2v) is 4.09. The summed E-state index contributed by atoms with van der Waals surface area (Å²) in [5.74, 6) is 0. The summed E-state index contributed by atoms with van der Waals surface area (Å²) in [5, 5.41) is 8.20. The molecule has 0 amide bonds. The van der Waals surface area contributed by atoms with E-state index in [0.29, 0.717) is 0 Å². The van der Waals surface area contributed by atoms with E-state index in [1.807, 2.05) is 79.7 Å². The highest BCUT2D eigenvalue weighted by Crippen LogP contribution is 2.01. The number of hydrogen-bond acceptors (Lipinski definition) is 2. The zero-order valence-electron chi connectivity index (χ0n) is 10.9. The van der Waals surface area contributed by atoms with Crippen molar-refractivity contribution in [1.29, 1.82) is 0 Å². The monoisotopic (exact) mass is 248 g/mol. The van der Waals surface area contributed by atoms with Crippen LogP contribution in [0.25, 0.3) is 6.08 Å². The molecule has 0 aliphatic carbocycles. The summed E-state index contributed by atoms with van der Waals surface area (Å²) in [4.78, 5) is 0. The highest BCUT2D eigenvalue weighted by molar-refractivity contribution is 5.98. The van der Waals surface area contributed by atoms with Gasteiger partial charge in [-0.05, 0) is 24.1 Å². The molecule has 2 aromatic rings. The van der Waals surface area contributed by atoms with Gasteiger partial charge < -0.3 is 0 Å². The first-order valence-corrected chi connectivity index (χ1v) is 6.21. The van der Waals surface area contributed by atoms with Crippen molar-refractivity contribution in [2.45, 2.75) is 6.92 Å². The molecule has 0 aromatic heterocycles. The van der Waals surface area contributed by atoms with Gasteiger partial charge in [0.05, 0.1) is 5.71 Å². The molecule has 0 fully saturated rings. The normalized spacial score (nSPS) is 12.4. The van der Waals surface area contributed by atoms with E-state index in [0.717, 1.165) is 16.8 Å². The lowest BCUT2D eigenvalue weighted by molar-refractivity contribution is 1.24. The first kappa shape index (κ1) is 13.0. The van der Waals surface area contributed by atoms with Gasteiger partial charge in [0.1, 0.15) is 0 Å². The number of rotatable bonds is 4. The molecule has 94 valence electrons. The Morgan fingerprint density at radius 1 is 0.895 bits per heavy atom. The van der Waals surface area contributed by atoms with Crippen LogP contribution in [0, 0.1) is 0 Å². The molecule has 0 radical (unpaired) electrons. The number of hydrogen-bond donors (Lipinski definition) is 0. The lowest BCUT2D eigenvalue weighted by Gasteiger charge is -1.95. The van der Waals surface area contributed by atoms with Crippen molar-refractivity contribution in [1.82, 2.24) is 0 Å². The highest BCUT2D eigenvalue weighted by atomic mass is 15.2. The summed E-state index contributed by atoms with van der Waals surface area (Å²) in [7, 11) is 0. The molecule has 2 rings (SSSR count). The Balaban J connectivity index is 1.95. The van der Waals surface area contributed by atoms with Crippen LogP contribution in [0.15, 0.2) is 76.9 Å². The van der Waals surface area contributed by atoms with E-state index in [4.69, 9.17) is 0 Å². The first-order chi connectivity index (χ1) is 9.36. The lowest BCUT2D eigenvalue weighted by atomic mass is 10.1. The van der Waals surface area contributed by atoms with Crippen LogP contribution in [0.1, 0.15) is 18.1 Å². The van der Waals surface area contributed by atoms with Gasteiger partial charge in [-0.3, -0.25) is 0 Å². The lowest BCUT2D eigenvalue weighted by Crippen LogP contribution is -1.92. The Bertz CT molecular complexity index is 581. The van der Waals surface area contributed by atoms with Gasteiger partial charge in [0.15, 0.2) is 0 Å². The minimum Gasteiger partial charge on any atom is -0.159 e. The van der Waals surface area contributed by atoms with Crippen LogP contribution in [0.4, 0.5) is 0 Å². The van der Waals surface area contributed by atoms with E-state index in [1.54, 1.807) is 6.21 Å². The predicted octanol–water partition coefficient (Wildman–Crippen LogP) is 4.19. The molecule has 0 aliphatic heterocycles. The van der Waals surface area contributed by atoms with Gasteiger partial charge >= 0.3 is 0 Å². The minimum absolute atomic E-state index is 0.907. The van der Waals surface area contributed by atoms with Gasteiger partial charge in [-0.25, -0.2) is 0 Å². The average Bonchev–Trinajstić information content (AvgIpc) is 2.49. The van der Waals surface area contributed by atoms with Crippen molar-refractivity contribution in [3.63, 3.8) is 0 Å². The van der Waals surface area contributed by atoms with Crippen molar-refractivity contribution < 1.29 is 0 Å². The fraction of sp³-hybridized carbons (Fsp3) is 0.0588. The molecule has 2 nitrogen and oxygen atoms in total. The van der Waals surface area contributed by atoms with E-state index in [1.165, 1.54) is 0 Å². The molecule has 2 heteroatoms. The van der Waals surface area contributed by atoms with E-state index in [-0.39, 0.29) is 0 Å². The molecule has 0 spiro atoms. The van der Waals surface area contributed by atoms with Gasteiger partial charge in [-0.2, -0.15) is 10.2 Å². The topological polar surface area (TPSA) is 24.7 Å². The summed E-state index contributed by atoms with van der Waals surface area (Å²) < 4.78 is 0. The summed E-state index contributed by atoms with van der Waals surface area (Å²) in [6.07, 6.45) is 5.58. The van der Waals surface area contributed by atoms with Crippen LogP contribution in [-0.4, -0.2) is 11.9 Å². The Kier molecular flexibility index (Phi) is 4.82. The fourth-order valence-corrected chi connectivity index (χ4v) is 1.61.